The van der Waals surface area contributed by atoms with Crippen molar-refractivity contribution in [1.29, 1.82) is 0 Å². The van der Waals surface area contributed by atoms with Gasteiger partial charge in [-0.2, -0.15) is 0 Å². The second-order valence-electron chi connectivity index (χ2n) is 9.69. The van der Waals surface area contributed by atoms with Gasteiger partial charge < -0.3 is 24.0 Å². The van der Waals surface area contributed by atoms with Crippen LogP contribution in [-0.2, 0) is 23.9 Å². The summed E-state index contributed by atoms with van der Waals surface area (Å²) in [6.07, 6.45) is 2.47. The zero-order valence-electron chi connectivity index (χ0n) is 20.4. The maximum atomic E-state index is 13.3. The second kappa shape index (κ2) is 10.9. The molecular weight excluding hydrogens is 440 g/mol. The molecule has 0 bridgehead atoms. The van der Waals surface area contributed by atoms with Gasteiger partial charge in [-0.1, -0.05) is 0 Å². The molecule has 1 aromatic carbocycles. The molecule has 9 nitrogen and oxygen atoms in total. The Morgan fingerprint density at radius 1 is 0.882 bits per heavy atom. The molecule has 2 saturated heterocycles. The number of nitrogens with zero attached hydrogens (tertiary/aromatic N) is 2. The Hall–Kier alpha value is -3.10. The molecule has 186 valence electrons. The fourth-order valence-electron chi connectivity index (χ4n) is 4.23. The van der Waals surface area contributed by atoms with Crippen LogP contribution in [0.15, 0.2) is 24.3 Å². The Kier molecular flexibility index (Phi) is 8.17. The average molecular weight is 475 g/mol. The molecular formula is C25H34N2O7. The van der Waals surface area contributed by atoms with E-state index in [2.05, 4.69) is 0 Å². The van der Waals surface area contributed by atoms with Crippen molar-refractivity contribution in [3.63, 3.8) is 0 Å². The first-order valence-corrected chi connectivity index (χ1v) is 11.7. The van der Waals surface area contributed by atoms with E-state index in [9.17, 15) is 19.2 Å². The van der Waals surface area contributed by atoms with E-state index in [1.54, 1.807) is 61.9 Å². The van der Waals surface area contributed by atoms with E-state index in [1.807, 2.05) is 0 Å². The minimum atomic E-state index is -0.704. The number of amides is 2. The highest BCUT2D eigenvalue weighted by molar-refractivity contribution is 5.95. The van der Waals surface area contributed by atoms with Crippen LogP contribution < -0.4 is 9.47 Å². The minimum Gasteiger partial charge on any atom is -0.497 e. The number of Topliss-reactive ketones (excluding diaryl/α,β-unsaturated/α-hetero) is 1. The minimum absolute atomic E-state index is 0.179. The van der Waals surface area contributed by atoms with Gasteiger partial charge in [0.05, 0.1) is 18.6 Å². The highest BCUT2D eigenvalue weighted by Gasteiger charge is 2.42. The summed E-state index contributed by atoms with van der Waals surface area (Å²) in [7, 11) is 1.57. The van der Waals surface area contributed by atoms with Crippen LogP contribution in [0.25, 0.3) is 0 Å². The van der Waals surface area contributed by atoms with E-state index in [4.69, 9.17) is 14.2 Å². The van der Waals surface area contributed by atoms with Crippen LogP contribution >= 0.6 is 0 Å². The number of carbonyl (C=O) groups is 4. The van der Waals surface area contributed by atoms with Gasteiger partial charge in [0.1, 0.15) is 17.5 Å². The highest BCUT2D eigenvalue weighted by atomic mass is 16.5. The second-order valence-corrected chi connectivity index (χ2v) is 9.69. The van der Waals surface area contributed by atoms with Gasteiger partial charge in [0.15, 0.2) is 19.0 Å². The van der Waals surface area contributed by atoms with E-state index in [-0.39, 0.29) is 30.8 Å². The van der Waals surface area contributed by atoms with Crippen LogP contribution in [0.4, 0.5) is 0 Å². The number of rotatable bonds is 8. The van der Waals surface area contributed by atoms with Crippen molar-refractivity contribution in [3.05, 3.63) is 24.3 Å². The van der Waals surface area contributed by atoms with Crippen molar-refractivity contribution >= 4 is 23.6 Å². The van der Waals surface area contributed by atoms with Crippen LogP contribution in [0.2, 0.25) is 0 Å². The van der Waals surface area contributed by atoms with Gasteiger partial charge >= 0.3 is 5.97 Å². The summed E-state index contributed by atoms with van der Waals surface area (Å²) in [5.74, 6) is -0.0255. The third-order valence-electron chi connectivity index (χ3n) is 6.15. The van der Waals surface area contributed by atoms with Crippen LogP contribution in [0, 0.1) is 5.41 Å². The summed E-state index contributed by atoms with van der Waals surface area (Å²) in [5, 5.41) is 0. The molecule has 9 heteroatoms. The molecule has 2 fully saturated rings. The van der Waals surface area contributed by atoms with E-state index >= 15 is 0 Å². The number of benzene rings is 1. The Bertz CT molecular complexity index is 907. The number of ketones is 1. The van der Waals surface area contributed by atoms with Gasteiger partial charge in [-0.05, 0) is 70.7 Å². The van der Waals surface area contributed by atoms with Crippen LogP contribution in [-0.4, -0.2) is 78.9 Å². The Morgan fingerprint density at radius 2 is 1.47 bits per heavy atom. The zero-order chi connectivity index (χ0) is 24.9. The number of likely N-dealkylation sites (tertiary alicyclic amines) is 2. The van der Waals surface area contributed by atoms with Crippen molar-refractivity contribution in [3.8, 4) is 11.5 Å². The van der Waals surface area contributed by atoms with Gasteiger partial charge in [-0.3, -0.25) is 19.2 Å². The quantitative estimate of drug-likeness (QED) is 0.532. The predicted octanol–water partition coefficient (Wildman–Crippen LogP) is 2.21. The molecule has 1 aromatic rings. The molecule has 0 aromatic heterocycles. The van der Waals surface area contributed by atoms with E-state index in [0.29, 0.717) is 50.3 Å². The summed E-state index contributed by atoms with van der Waals surface area (Å²) in [5.41, 5.74) is -0.704. The Morgan fingerprint density at radius 3 is 2.09 bits per heavy atom. The first kappa shape index (κ1) is 25.5. The third-order valence-corrected chi connectivity index (χ3v) is 6.15. The third kappa shape index (κ3) is 6.07. The predicted molar refractivity (Wildman–Crippen MR) is 123 cm³/mol. The maximum Gasteiger partial charge on any atom is 0.311 e. The van der Waals surface area contributed by atoms with E-state index < -0.39 is 23.5 Å². The zero-order valence-corrected chi connectivity index (χ0v) is 20.4. The Labute approximate surface area is 200 Å². The molecule has 2 aliphatic heterocycles. The van der Waals surface area contributed by atoms with E-state index in [0.717, 1.165) is 0 Å². The molecule has 0 spiro atoms. The van der Waals surface area contributed by atoms with Crippen molar-refractivity contribution in [1.82, 2.24) is 9.80 Å². The van der Waals surface area contributed by atoms with Crippen LogP contribution in [0.1, 0.15) is 46.5 Å². The smallest absolute Gasteiger partial charge is 0.311 e. The molecule has 2 atom stereocenters. The largest absolute Gasteiger partial charge is 0.497 e. The van der Waals surface area contributed by atoms with Gasteiger partial charge in [-0.15, -0.1) is 0 Å². The molecule has 34 heavy (non-hydrogen) atoms. The van der Waals surface area contributed by atoms with E-state index in [1.165, 1.54) is 0 Å². The molecule has 0 radical (unpaired) electrons. The molecule has 0 unspecified atom stereocenters. The molecule has 0 aliphatic carbocycles. The molecule has 3 rings (SSSR count). The van der Waals surface area contributed by atoms with Gasteiger partial charge in [-0.25, -0.2) is 0 Å². The lowest BCUT2D eigenvalue weighted by Crippen LogP contribution is -2.52. The van der Waals surface area contributed by atoms with Crippen molar-refractivity contribution in [2.24, 2.45) is 5.41 Å². The fourth-order valence-corrected chi connectivity index (χ4v) is 4.23. The number of hydrogen-bond donors (Lipinski definition) is 0. The summed E-state index contributed by atoms with van der Waals surface area (Å²) in [4.78, 5) is 54.0. The van der Waals surface area contributed by atoms with Gasteiger partial charge in [0, 0.05) is 13.1 Å². The van der Waals surface area contributed by atoms with Crippen molar-refractivity contribution in [2.45, 2.75) is 58.5 Å². The van der Waals surface area contributed by atoms with Crippen LogP contribution in [0.3, 0.4) is 0 Å². The molecule has 2 aliphatic rings. The summed E-state index contributed by atoms with van der Waals surface area (Å²) in [6.45, 7) is 5.54. The molecule has 0 N–H and O–H groups in total. The standard InChI is InChI=1S/C25H34N2O7/c1-25(2,3)24(31)34-15-21(28)19-7-5-14-27(19)23(30)20-8-6-13-26(20)22(29)16-33-18-11-9-17(32-4)10-12-18/h9-12,19-20H,5-8,13-16H2,1-4H3/t19-,20-/m0/s1. The molecule has 2 heterocycles. The number of hydrogen-bond acceptors (Lipinski definition) is 7. The lowest BCUT2D eigenvalue weighted by molar-refractivity contribution is -0.157. The average Bonchev–Trinajstić information content (AvgIpc) is 3.50. The topological polar surface area (TPSA) is 102 Å². The van der Waals surface area contributed by atoms with Crippen molar-refractivity contribution in [2.75, 3.05) is 33.4 Å². The van der Waals surface area contributed by atoms with Gasteiger partial charge in [0.25, 0.3) is 5.91 Å². The summed E-state index contributed by atoms with van der Waals surface area (Å²) >= 11 is 0. The first-order chi connectivity index (χ1) is 16.1. The SMILES string of the molecule is COc1ccc(OCC(=O)N2CCC[C@H]2C(=O)N2CCC[C@H]2C(=O)COC(=O)C(C)(C)C)cc1. The number of carbonyl (C=O) groups excluding carboxylic acids is 4. The lowest BCUT2D eigenvalue weighted by Gasteiger charge is -2.31. The first-order valence-electron chi connectivity index (χ1n) is 11.7. The molecule has 2 amide bonds. The number of ether oxygens (including phenoxy) is 3. The highest BCUT2D eigenvalue weighted by Crippen LogP contribution is 2.26. The lowest BCUT2D eigenvalue weighted by atomic mass is 9.97. The van der Waals surface area contributed by atoms with Gasteiger partial charge in [0.2, 0.25) is 5.91 Å². The van der Waals surface area contributed by atoms with Crippen LogP contribution in [0.5, 0.6) is 11.5 Å². The number of methoxy groups -OCH3 is 1. The molecule has 0 saturated carbocycles. The normalized spacial score (nSPS) is 20.2. The summed E-state index contributed by atoms with van der Waals surface area (Å²) in [6, 6.07) is 5.67. The van der Waals surface area contributed by atoms with Crippen molar-refractivity contribution < 1.29 is 33.4 Å². The number of esters is 1. The maximum absolute atomic E-state index is 13.3. The fraction of sp³-hybridized carbons (Fsp3) is 0.600. The summed E-state index contributed by atoms with van der Waals surface area (Å²) < 4.78 is 15.9. The monoisotopic (exact) mass is 474 g/mol. The Balaban J connectivity index is 1.57.